The van der Waals surface area contributed by atoms with Gasteiger partial charge in [0.2, 0.25) is 0 Å². The Kier molecular flexibility index (Phi) is 3.24. The van der Waals surface area contributed by atoms with E-state index < -0.39 is 11.9 Å². The summed E-state index contributed by atoms with van der Waals surface area (Å²) in [6.07, 6.45) is 0.472. The fourth-order valence-corrected chi connectivity index (χ4v) is 0.908. The van der Waals surface area contributed by atoms with E-state index in [0.29, 0.717) is 6.61 Å². The third-order valence-electron chi connectivity index (χ3n) is 1.84. The Morgan fingerprint density at radius 1 is 1.64 bits per heavy atom. The zero-order valence-electron chi connectivity index (χ0n) is 8.02. The topological polar surface area (TPSA) is 76.1 Å². The van der Waals surface area contributed by atoms with Crippen molar-refractivity contribution in [2.75, 3.05) is 6.61 Å². The molecular formula is C9H12O5. The van der Waals surface area contributed by atoms with Crippen LogP contribution in [0.25, 0.3) is 0 Å². The second-order valence-corrected chi connectivity index (χ2v) is 3.15. The van der Waals surface area contributed by atoms with Gasteiger partial charge in [-0.15, -0.1) is 0 Å². The van der Waals surface area contributed by atoms with Gasteiger partial charge in [0.15, 0.2) is 0 Å². The molecule has 1 aliphatic heterocycles. The zero-order chi connectivity index (χ0) is 10.7. The first kappa shape index (κ1) is 10.7. The molecule has 78 valence electrons. The van der Waals surface area contributed by atoms with Gasteiger partial charge in [0.25, 0.3) is 0 Å². The largest absolute Gasteiger partial charge is 0.478 e. The number of carboxylic acid groups (broad SMARTS) is 1. The smallest absolute Gasteiger partial charge is 0.334 e. The number of carbonyl (C=O) groups is 2. The molecule has 0 bridgehead atoms. The van der Waals surface area contributed by atoms with Crippen LogP contribution in [-0.2, 0) is 19.1 Å². The Labute approximate surface area is 81.3 Å². The van der Waals surface area contributed by atoms with Gasteiger partial charge in [-0.3, -0.25) is 0 Å². The summed E-state index contributed by atoms with van der Waals surface area (Å²) in [5, 5.41) is 8.38. The molecule has 1 fully saturated rings. The predicted octanol–water partition coefficient (Wildman–Crippen LogP) is 0.348. The first-order chi connectivity index (χ1) is 6.50. The van der Waals surface area contributed by atoms with Crippen molar-refractivity contribution in [1.29, 1.82) is 0 Å². The third kappa shape index (κ3) is 3.18. The molecule has 1 aliphatic rings. The van der Waals surface area contributed by atoms with Crippen molar-refractivity contribution >= 4 is 11.9 Å². The Morgan fingerprint density at radius 3 is 2.64 bits per heavy atom. The summed E-state index contributed by atoms with van der Waals surface area (Å²) in [4.78, 5) is 21.4. The lowest BCUT2D eigenvalue weighted by Crippen LogP contribution is -2.21. The number of carboxylic acids is 1. The molecule has 14 heavy (non-hydrogen) atoms. The molecular weight excluding hydrogens is 188 g/mol. The second-order valence-electron chi connectivity index (χ2n) is 3.15. The molecule has 0 amide bonds. The maximum absolute atomic E-state index is 11.2. The quantitative estimate of drug-likeness (QED) is 0.402. The van der Waals surface area contributed by atoms with Gasteiger partial charge in [0.05, 0.1) is 6.61 Å². The van der Waals surface area contributed by atoms with Gasteiger partial charge in [-0.05, 0) is 13.8 Å². The highest BCUT2D eigenvalue weighted by Gasteiger charge is 2.32. The van der Waals surface area contributed by atoms with Gasteiger partial charge in [0.1, 0.15) is 12.2 Å². The second kappa shape index (κ2) is 4.23. The van der Waals surface area contributed by atoms with Crippen LogP contribution in [0, 0.1) is 0 Å². The minimum Gasteiger partial charge on any atom is -0.478 e. The summed E-state index contributed by atoms with van der Waals surface area (Å²) < 4.78 is 9.86. The van der Waals surface area contributed by atoms with Gasteiger partial charge >= 0.3 is 11.9 Å². The van der Waals surface area contributed by atoms with E-state index >= 15 is 0 Å². The lowest BCUT2D eigenvalue weighted by atomic mass is 10.2. The molecule has 2 unspecified atom stereocenters. The van der Waals surface area contributed by atoms with Crippen LogP contribution in [0.3, 0.4) is 0 Å². The molecule has 1 N–H and O–H groups in total. The average molecular weight is 200 g/mol. The fraction of sp³-hybridized carbons (Fsp3) is 0.556. The predicted molar refractivity (Wildman–Crippen MR) is 46.7 cm³/mol. The van der Waals surface area contributed by atoms with Crippen molar-refractivity contribution in [3.8, 4) is 0 Å². The van der Waals surface area contributed by atoms with Gasteiger partial charge < -0.3 is 14.6 Å². The number of hydrogen-bond acceptors (Lipinski definition) is 4. The van der Waals surface area contributed by atoms with Crippen LogP contribution in [0.5, 0.6) is 0 Å². The third-order valence-corrected chi connectivity index (χ3v) is 1.84. The average Bonchev–Trinajstić information content (AvgIpc) is 2.84. The van der Waals surface area contributed by atoms with Crippen LogP contribution >= 0.6 is 0 Å². The molecule has 0 aromatic carbocycles. The highest BCUT2D eigenvalue weighted by atomic mass is 16.6. The van der Waals surface area contributed by atoms with Gasteiger partial charge in [0, 0.05) is 11.6 Å². The number of aliphatic carboxylic acids is 1. The Bertz CT molecular complexity index is 277. The van der Waals surface area contributed by atoms with Crippen LogP contribution in [0.15, 0.2) is 11.6 Å². The van der Waals surface area contributed by atoms with Crippen molar-refractivity contribution in [3.05, 3.63) is 11.6 Å². The van der Waals surface area contributed by atoms with E-state index in [1.165, 1.54) is 6.92 Å². The maximum Gasteiger partial charge on any atom is 0.334 e. The van der Waals surface area contributed by atoms with E-state index in [9.17, 15) is 9.59 Å². The van der Waals surface area contributed by atoms with E-state index in [-0.39, 0.29) is 17.8 Å². The SMILES string of the molecule is C/C(=C/C(=O)O)C(=O)OC(C)C1CO1. The van der Waals surface area contributed by atoms with E-state index in [2.05, 4.69) is 0 Å². The molecule has 5 heteroatoms. The molecule has 0 aromatic heterocycles. The molecule has 0 spiro atoms. The summed E-state index contributed by atoms with van der Waals surface area (Å²) in [6, 6.07) is 0. The Balaban J connectivity index is 2.44. The van der Waals surface area contributed by atoms with Crippen molar-refractivity contribution in [1.82, 2.24) is 0 Å². The number of hydrogen-bond donors (Lipinski definition) is 1. The van der Waals surface area contributed by atoms with Gasteiger partial charge in [-0.2, -0.15) is 0 Å². The minimum atomic E-state index is -1.16. The van der Waals surface area contributed by atoms with E-state index in [1.54, 1.807) is 6.92 Å². The first-order valence-electron chi connectivity index (χ1n) is 4.24. The first-order valence-corrected chi connectivity index (χ1v) is 4.24. The molecule has 1 saturated heterocycles. The summed E-state index contributed by atoms with van der Waals surface area (Å²) in [5.41, 5.74) is 0.0741. The van der Waals surface area contributed by atoms with E-state index in [1.807, 2.05) is 0 Å². The number of rotatable bonds is 4. The highest BCUT2D eigenvalue weighted by Crippen LogP contribution is 2.17. The van der Waals surface area contributed by atoms with Gasteiger partial charge in [-0.25, -0.2) is 9.59 Å². The number of epoxide rings is 1. The number of esters is 1. The van der Waals surface area contributed by atoms with Crippen molar-refractivity contribution < 1.29 is 24.2 Å². The standard InChI is InChI=1S/C9H12O5/c1-5(3-8(10)11)9(12)14-6(2)7-4-13-7/h3,6-7H,4H2,1-2H3,(H,10,11)/b5-3-. The molecule has 0 aromatic rings. The Hall–Kier alpha value is -1.36. The normalized spacial score (nSPS) is 22.7. The van der Waals surface area contributed by atoms with Crippen LogP contribution in [0.4, 0.5) is 0 Å². The summed E-state index contributed by atoms with van der Waals surface area (Å²) >= 11 is 0. The molecule has 2 atom stereocenters. The van der Waals surface area contributed by atoms with Crippen LogP contribution in [-0.4, -0.2) is 35.9 Å². The monoisotopic (exact) mass is 200 g/mol. The lowest BCUT2D eigenvalue weighted by molar-refractivity contribution is -0.144. The number of ether oxygens (including phenoxy) is 2. The van der Waals surface area contributed by atoms with Gasteiger partial charge in [-0.1, -0.05) is 0 Å². The highest BCUT2D eigenvalue weighted by molar-refractivity contribution is 5.95. The fourth-order valence-electron chi connectivity index (χ4n) is 0.908. The van der Waals surface area contributed by atoms with E-state index in [4.69, 9.17) is 14.6 Å². The van der Waals surface area contributed by atoms with Crippen molar-refractivity contribution in [3.63, 3.8) is 0 Å². The summed E-state index contributed by atoms with van der Waals surface area (Å²) in [5.74, 6) is -1.77. The molecule has 0 saturated carbocycles. The molecule has 5 nitrogen and oxygen atoms in total. The lowest BCUT2D eigenvalue weighted by Gasteiger charge is -2.09. The summed E-state index contributed by atoms with van der Waals surface area (Å²) in [7, 11) is 0. The van der Waals surface area contributed by atoms with Crippen LogP contribution < -0.4 is 0 Å². The number of carbonyl (C=O) groups excluding carboxylic acids is 1. The molecule has 0 radical (unpaired) electrons. The Morgan fingerprint density at radius 2 is 2.21 bits per heavy atom. The zero-order valence-corrected chi connectivity index (χ0v) is 8.02. The van der Waals surface area contributed by atoms with Crippen LogP contribution in [0.1, 0.15) is 13.8 Å². The summed E-state index contributed by atoms with van der Waals surface area (Å²) in [6.45, 7) is 3.71. The molecule has 1 rings (SSSR count). The molecule has 0 aliphatic carbocycles. The molecule has 1 heterocycles. The van der Waals surface area contributed by atoms with Crippen molar-refractivity contribution in [2.24, 2.45) is 0 Å². The minimum absolute atomic E-state index is 0.0309. The van der Waals surface area contributed by atoms with Crippen molar-refractivity contribution in [2.45, 2.75) is 26.1 Å². The van der Waals surface area contributed by atoms with E-state index in [0.717, 1.165) is 6.08 Å². The maximum atomic E-state index is 11.2. The van der Waals surface area contributed by atoms with Crippen LogP contribution in [0.2, 0.25) is 0 Å².